The zero-order valence-corrected chi connectivity index (χ0v) is 11.2. The van der Waals surface area contributed by atoms with Gasteiger partial charge in [-0.3, -0.25) is 0 Å². The number of hydrogen-bond acceptors (Lipinski definition) is 6. The van der Waals surface area contributed by atoms with Crippen LogP contribution in [-0.4, -0.2) is 15.0 Å². The average molecular weight is 281 g/mol. The molecular weight excluding hydrogens is 270 g/mol. The molecule has 0 aliphatic heterocycles. The van der Waals surface area contributed by atoms with E-state index in [1.165, 1.54) is 10.7 Å². The minimum Gasteiger partial charge on any atom is -0.423 e. The quantitative estimate of drug-likeness (QED) is 0.706. The summed E-state index contributed by atoms with van der Waals surface area (Å²) in [6.07, 6.45) is 0. The number of hydrogen-bond donors (Lipinski definition) is 1. The van der Waals surface area contributed by atoms with E-state index >= 15 is 0 Å². The molecule has 3 aromatic rings. The van der Waals surface area contributed by atoms with Crippen LogP contribution in [0.15, 0.2) is 33.5 Å². The maximum Gasteiger partial charge on any atom is 0.336 e. The van der Waals surface area contributed by atoms with E-state index in [0.29, 0.717) is 11.1 Å². The summed E-state index contributed by atoms with van der Waals surface area (Å²) >= 11 is 0. The van der Waals surface area contributed by atoms with E-state index in [4.69, 9.17) is 15.4 Å². The number of aromatic nitrogens is 3. The Hall–Kier alpha value is -3.14. The number of nitriles is 1. The van der Waals surface area contributed by atoms with Gasteiger partial charge < -0.3 is 10.2 Å². The number of nitrogen functional groups attached to an aromatic ring is 1. The van der Waals surface area contributed by atoms with E-state index in [-0.39, 0.29) is 18.1 Å². The van der Waals surface area contributed by atoms with Crippen molar-refractivity contribution in [1.29, 1.82) is 5.26 Å². The van der Waals surface area contributed by atoms with Crippen LogP contribution in [0.25, 0.3) is 11.0 Å². The first-order chi connectivity index (χ1) is 10.1. The van der Waals surface area contributed by atoms with Gasteiger partial charge in [0.25, 0.3) is 0 Å². The standard InChI is InChI=1S/C14H11N5O2/c1-8-2-3-12-10(4-8)9(5-13(20)21-12)7-19-11(6-15)14(16)17-18-19/h2-5H,7,16H2,1H3. The summed E-state index contributed by atoms with van der Waals surface area (Å²) in [5.41, 5.74) is 7.53. The van der Waals surface area contributed by atoms with Gasteiger partial charge in [0.2, 0.25) is 0 Å². The molecule has 0 atom stereocenters. The lowest BCUT2D eigenvalue weighted by molar-refractivity contribution is 0.555. The third-order valence-corrected chi connectivity index (χ3v) is 3.17. The van der Waals surface area contributed by atoms with Crippen molar-refractivity contribution in [2.75, 3.05) is 5.73 Å². The third kappa shape index (κ3) is 2.23. The highest BCUT2D eigenvalue weighted by Crippen LogP contribution is 2.20. The molecule has 0 saturated carbocycles. The zero-order chi connectivity index (χ0) is 15.0. The van der Waals surface area contributed by atoms with Gasteiger partial charge in [-0.1, -0.05) is 16.8 Å². The Morgan fingerprint density at radius 1 is 1.43 bits per heavy atom. The van der Waals surface area contributed by atoms with Crippen LogP contribution >= 0.6 is 0 Å². The SMILES string of the molecule is Cc1ccc2oc(=O)cc(Cn3nnc(N)c3C#N)c2c1. The van der Waals surface area contributed by atoms with Gasteiger partial charge in [-0.25, -0.2) is 9.48 Å². The number of fused-ring (bicyclic) bond motifs is 1. The summed E-state index contributed by atoms with van der Waals surface area (Å²) in [7, 11) is 0. The Morgan fingerprint density at radius 2 is 2.24 bits per heavy atom. The summed E-state index contributed by atoms with van der Waals surface area (Å²) < 4.78 is 6.53. The number of aryl methyl sites for hydroxylation is 1. The fourth-order valence-electron chi connectivity index (χ4n) is 2.19. The van der Waals surface area contributed by atoms with Crippen LogP contribution in [0.4, 0.5) is 5.82 Å². The molecule has 7 heteroatoms. The van der Waals surface area contributed by atoms with Gasteiger partial charge in [0, 0.05) is 11.5 Å². The molecule has 2 aromatic heterocycles. The van der Waals surface area contributed by atoms with Gasteiger partial charge in [0.05, 0.1) is 6.54 Å². The van der Waals surface area contributed by atoms with Crippen LogP contribution < -0.4 is 11.4 Å². The molecule has 0 aliphatic carbocycles. The first kappa shape index (κ1) is 12.9. The van der Waals surface area contributed by atoms with Crippen molar-refractivity contribution in [3.8, 4) is 6.07 Å². The predicted octanol–water partition coefficient (Wildman–Crippen LogP) is 1.20. The normalized spacial score (nSPS) is 10.7. The zero-order valence-electron chi connectivity index (χ0n) is 11.2. The maximum atomic E-state index is 11.6. The molecule has 0 saturated heterocycles. The fourth-order valence-corrected chi connectivity index (χ4v) is 2.19. The molecule has 0 amide bonds. The molecule has 1 aromatic carbocycles. The number of benzene rings is 1. The Kier molecular flexibility index (Phi) is 2.92. The summed E-state index contributed by atoms with van der Waals surface area (Å²) in [5.74, 6) is 0.0703. The number of nitrogens with zero attached hydrogens (tertiary/aromatic N) is 4. The van der Waals surface area contributed by atoms with Crippen LogP contribution in [0.5, 0.6) is 0 Å². The van der Waals surface area contributed by atoms with E-state index in [2.05, 4.69) is 10.3 Å². The molecule has 0 unspecified atom stereocenters. The summed E-state index contributed by atoms with van der Waals surface area (Å²) in [6, 6.07) is 8.87. The van der Waals surface area contributed by atoms with Crippen molar-refractivity contribution in [3.63, 3.8) is 0 Å². The van der Waals surface area contributed by atoms with Crippen molar-refractivity contribution >= 4 is 16.8 Å². The second kappa shape index (κ2) is 4.76. The minimum absolute atomic E-state index is 0.0703. The van der Waals surface area contributed by atoms with Gasteiger partial charge in [0.1, 0.15) is 11.7 Å². The van der Waals surface area contributed by atoms with Crippen LogP contribution in [0.3, 0.4) is 0 Å². The maximum absolute atomic E-state index is 11.6. The Morgan fingerprint density at radius 3 is 3.00 bits per heavy atom. The summed E-state index contributed by atoms with van der Waals surface area (Å²) in [6.45, 7) is 2.17. The first-order valence-electron chi connectivity index (χ1n) is 6.21. The summed E-state index contributed by atoms with van der Waals surface area (Å²) in [5, 5.41) is 17.4. The lowest BCUT2D eigenvalue weighted by Gasteiger charge is -2.06. The van der Waals surface area contributed by atoms with E-state index < -0.39 is 5.63 Å². The van der Waals surface area contributed by atoms with E-state index in [1.54, 1.807) is 6.07 Å². The first-order valence-corrected chi connectivity index (χ1v) is 6.21. The molecule has 104 valence electrons. The van der Waals surface area contributed by atoms with Gasteiger partial charge in [-0.15, -0.1) is 5.10 Å². The molecule has 2 N–H and O–H groups in total. The van der Waals surface area contributed by atoms with E-state index in [9.17, 15) is 4.79 Å². The molecule has 21 heavy (non-hydrogen) atoms. The Labute approximate surface area is 119 Å². The molecule has 0 aliphatic rings. The molecule has 3 rings (SSSR count). The fraction of sp³-hybridized carbons (Fsp3) is 0.143. The molecular formula is C14H11N5O2. The molecule has 0 fully saturated rings. The molecule has 2 heterocycles. The number of anilines is 1. The summed E-state index contributed by atoms with van der Waals surface area (Å²) in [4.78, 5) is 11.6. The minimum atomic E-state index is -0.451. The highest BCUT2D eigenvalue weighted by Gasteiger charge is 2.12. The molecule has 0 bridgehead atoms. The molecule has 0 spiro atoms. The Bertz CT molecular complexity index is 933. The Balaban J connectivity index is 2.18. The van der Waals surface area contributed by atoms with Crippen LogP contribution in [0, 0.1) is 18.3 Å². The van der Waals surface area contributed by atoms with Crippen molar-refractivity contribution in [2.45, 2.75) is 13.5 Å². The van der Waals surface area contributed by atoms with Crippen LogP contribution in [0.1, 0.15) is 16.8 Å². The second-order valence-corrected chi connectivity index (χ2v) is 4.68. The highest BCUT2D eigenvalue weighted by atomic mass is 16.4. The van der Waals surface area contributed by atoms with Crippen LogP contribution in [-0.2, 0) is 6.54 Å². The molecule has 0 radical (unpaired) electrons. The number of rotatable bonds is 2. The monoisotopic (exact) mass is 281 g/mol. The largest absolute Gasteiger partial charge is 0.423 e. The van der Waals surface area contributed by atoms with Crippen molar-refractivity contribution in [3.05, 3.63) is 51.5 Å². The number of nitrogens with two attached hydrogens (primary N) is 1. The van der Waals surface area contributed by atoms with Crippen molar-refractivity contribution in [2.24, 2.45) is 0 Å². The third-order valence-electron chi connectivity index (χ3n) is 3.17. The second-order valence-electron chi connectivity index (χ2n) is 4.68. The van der Waals surface area contributed by atoms with E-state index in [0.717, 1.165) is 10.9 Å². The van der Waals surface area contributed by atoms with Crippen molar-refractivity contribution in [1.82, 2.24) is 15.0 Å². The smallest absolute Gasteiger partial charge is 0.336 e. The molecule has 7 nitrogen and oxygen atoms in total. The highest BCUT2D eigenvalue weighted by molar-refractivity contribution is 5.80. The predicted molar refractivity (Wildman–Crippen MR) is 75.5 cm³/mol. The topological polar surface area (TPSA) is 111 Å². The van der Waals surface area contributed by atoms with Gasteiger partial charge >= 0.3 is 5.63 Å². The lowest BCUT2D eigenvalue weighted by atomic mass is 10.1. The average Bonchev–Trinajstić information content (AvgIpc) is 2.79. The van der Waals surface area contributed by atoms with Crippen molar-refractivity contribution < 1.29 is 4.42 Å². The van der Waals surface area contributed by atoms with Gasteiger partial charge in [-0.05, 0) is 24.6 Å². The van der Waals surface area contributed by atoms with E-state index in [1.807, 2.05) is 25.1 Å². The van der Waals surface area contributed by atoms with Gasteiger partial charge in [-0.2, -0.15) is 5.26 Å². The lowest BCUT2D eigenvalue weighted by Crippen LogP contribution is -2.09. The van der Waals surface area contributed by atoms with Gasteiger partial charge in [0.15, 0.2) is 11.5 Å². The van der Waals surface area contributed by atoms with Crippen LogP contribution in [0.2, 0.25) is 0 Å².